The van der Waals surface area contributed by atoms with Gasteiger partial charge in [-0.15, -0.1) is 0 Å². The summed E-state index contributed by atoms with van der Waals surface area (Å²) in [6, 6.07) is 13.9. The van der Waals surface area contributed by atoms with E-state index in [4.69, 9.17) is 20.0 Å². The molecule has 0 unspecified atom stereocenters. The van der Waals surface area contributed by atoms with Crippen molar-refractivity contribution >= 4 is 24.9 Å². The Labute approximate surface area is 204 Å². The van der Waals surface area contributed by atoms with Gasteiger partial charge in [0.05, 0.1) is 24.2 Å². The third-order valence-electron chi connectivity index (χ3n) is 7.84. The van der Waals surface area contributed by atoms with E-state index < -0.39 is 0 Å². The molecule has 0 aromatic heterocycles. The van der Waals surface area contributed by atoms with Gasteiger partial charge in [0.1, 0.15) is 0 Å². The third kappa shape index (κ3) is 5.11. The Bertz CT molecular complexity index is 957. The summed E-state index contributed by atoms with van der Waals surface area (Å²) in [4.78, 5) is 20.2. The molecule has 1 aliphatic heterocycles. The molecule has 176 valence electrons. The maximum Gasteiger partial charge on any atom is 0.0723 e. The van der Waals surface area contributed by atoms with Gasteiger partial charge in [0, 0.05) is 24.9 Å². The van der Waals surface area contributed by atoms with Crippen LogP contribution in [0.2, 0.25) is 0 Å². The molecule has 4 nitrogen and oxygen atoms in total. The summed E-state index contributed by atoms with van der Waals surface area (Å²) in [7, 11) is 0. The van der Waals surface area contributed by atoms with E-state index in [1.54, 1.807) is 0 Å². The van der Waals surface area contributed by atoms with Crippen LogP contribution in [0.25, 0.3) is 0 Å². The lowest BCUT2D eigenvalue weighted by Gasteiger charge is -2.26. The summed E-state index contributed by atoms with van der Waals surface area (Å²) in [5.41, 5.74) is 7.21. The van der Waals surface area contributed by atoms with E-state index in [9.17, 15) is 0 Å². The van der Waals surface area contributed by atoms with Crippen LogP contribution in [0.4, 0.5) is 0 Å². The quantitative estimate of drug-likeness (QED) is 0.449. The summed E-state index contributed by atoms with van der Waals surface area (Å²) in [5.74, 6) is 0. The lowest BCUT2D eigenvalue weighted by atomic mass is 9.90. The maximum atomic E-state index is 5.06. The highest BCUT2D eigenvalue weighted by Gasteiger charge is 2.24. The Kier molecular flexibility index (Phi) is 7.13. The molecular formula is C30H36N4. The number of benzene rings is 2. The first kappa shape index (κ1) is 22.9. The summed E-state index contributed by atoms with van der Waals surface area (Å²) < 4.78 is 0. The van der Waals surface area contributed by atoms with Crippen LogP contribution in [-0.2, 0) is 0 Å². The molecule has 3 aliphatic rings. The Balaban J connectivity index is 1.56. The van der Waals surface area contributed by atoms with Crippen LogP contribution in [0.15, 0.2) is 56.4 Å². The van der Waals surface area contributed by atoms with Gasteiger partial charge < -0.3 is 0 Å². The summed E-state index contributed by atoms with van der Waals surface area (Å²) >= 11 is 0. The second-order valence-corrected chi connectivity index (χ2v) is 10.1. The second-order valence-electron chi connectivity index (χ2n) is 10.1. The standard InChI is InChI=1S/C30H36N4/c1-21-23-9-7-10-24(21)18-32-28-14-4-6-16-30(28)34-20-26-12-8-11-25(22(26)2)19-33-29-15-5-3-13-27(29)31-17-23/h7-12,17-20,27-30H,3-6,13-16H2,1-2H3/t27-,28-,29-,30-/m1/s1. The van der Waals surface area contributed by atoms with Gasteiger partial charge in [-0.2, -0.15) is 0 Å². The Morgan fingerprint density at radius 3 is 1.00 bits per heavy atom. The van der Waals surface area contributed by atoms with Crippen LogP contribution in [0.5, 0.6) is 0 Å². The minimum atomic E-state index is 0.244. The van der Waals surface area contributed by atoms with Crippen LogP contribution in [-0.4, -0.2) is 49.0 Å². The van der Waals surface area contributed by atoms with E-state index >= 15 is 0 Å². The van der Waals surface area contributed by atoms with Crippen LogP contribution < -0.4 is 0 Å². The second kappa shape index (κ2) is 10.6. The van der Waals surface area contributed by atoms with E-state index in [0.29, 0.717) is 0 Å². The molecule has 1 heterocycles. The zero-order valence-electron chi connectivity index (χ0n) is 20.5. The molecule has 4 atom stereocenters. The van der Waals surface area contributed by atoms with E-state index in [2.05, 4.69) is 75.1 Å². The first-order chi connectivity index (χ1) is 16.7. The smallest absolute Gasteiger partial charge is 0.0723 e. The topological polar surface area (TPSA) is 49.4 Å². The lowest BCUT2D eigenvalue weighted by Crippen LogP contribution is -2.27. The van der Waals surface area contributed by atoms with Gasteiger partial charge in [0.2, 0.25) is 0 Å². The minimum absolute atomic E-state index is 0.244. The van der Waals surface area contributed by atoms with Gasteiger partial charge in [-0.25, -0.2) is 0 Å². The van der Waals surface area contributed by atoms with Crippen molar-refractivity contribution < 1.29 is 0 Å². The molecule has 5 rings (SSSR count). The minimum Gasteiger partial charge on any atom is -0.287 e. The van der Waals surface area contributed by atoms with Gasteiger partial charge in [0.15, 0.2) is 0 Å². The molecule has 0 spiro atoms. The highest BCUT2D eigenvalue weighted by Crippen LogP contribution is 2.26. The summed E-state index contributed by atoms with van der Waals surface area (Å²) in [6.07, 6.45) is 17.6. The Morgan fingerprint density at radius 2 is 0.735 bits per heavy atom. The molecule has 0 radical (unpaired) electrons. The van der Waals surface area contributed by atoms with Gasteiger partial charge in [-0.3, -0.25) is 20.0 Å². The highest BCUT2D eigenvalue weighted by atomic mass is 14.9. The van der Waals surface area contributed by atoms with Gasteiger partial charge in [-0.05, 0) is 72.9 Å². The lowest BCUT2D eigenvalue weighted by molar-refractivity contribution is 0.390. The van der Waals surface area contributed by atoms with Crippen molar-refractivity contribution in [1.82, 2.24) is 0 Å². The van der Waals surface area contributed by atoms with Crippen molar-refractivity contribution in [2.24, 2.45) is 20.0 Å². The summed E-state index contributed by atoms with van der Waals surface area (Å²) in [5, 5.41) is 0. The van der Waals surface area contributed by atoms with Gasteiger partial charge >= 0.3 is 0 Å². The van der Waals surface area contributed by atoms with Crippen molar-refractivity contribution in [3.8, 4) is 0 Å². The number of fused-ring (bicyclic) bond motifs is 6. The fraction of sp³-hybridized carbons (Fsp3) is 0.467. The van der Waals surface area contributed by atoms with Gasteiger partial charge in [-0.1, -0.05) is 62.1 Å². The molecular weight excluding hydrogens is 416 g/mol. The molecule has 4 bridgehead atoms. The van der Waals surface area contributed by atoms with E-state index in [-0.39, 0.29) is 24.2 Å². The van der Waals surface area contributed by atoms with Crippen molar-refractivity contribution in [1.29, 1.82) is 0 Å². The van der Waals surface area contributed by atoms with E-state index in [1.807, 2.05) is 0 Å². The summed E-state index contributed by atoms with van der Waals surface area (Å²) in [6.45, 7) is 4.37. The molecule has 34 heavy (non-hydrogen) atoms. The van der Waals surface area contributed by atoms with Gasteiger partial charge in [0.25, 0.3) is 0 Å². The Hall–Kier alpha value is -2.88. The van der Waals surface area contributed by atoms with Crippen LogP contribution in [0.3, 0.4) is 0 Å². The molecule has 2 aromatic rings. The number of nitrogens with zero attached hydrogens (tertiary/aromatic N) is 4. The maximum absolute atomic E-state index is 5.06. The number of aliphatic imine (C=N–C) groups is 4. The largest absolute Gasteiger partial charge is 0.287 e. The predicted octanol–water partition coefficient (Wildman–Crippen LogP) is 6.32. The highest BCUT2D eigenvalue weighted by molar-refractivity contribution is 5.90. The van der Waals surface area contributed by atoms with Crippen molar-refractivity contribution in [2.45, 2.75) is 89.4 Å². The average molecular weight is 453 g/mol. The molecule has 2 fully saturated rings. The van der Waals surface area contributed by atoms with Crippen LogP contribution in [0.1, 0.15) is 84.7 Å². The van der Waals surface area contributed by atoms with Crippen LogP contribution >= 0.6 is 0 Å². The molecule has 0 saturated heterocycles. The number of hydrogen-bond acceptors (Lipinski definition) is 4. The van der Waals surface area contributed by atoms with Crippen molar-refractivity contribution in [3.63, 3.8) is 0 Å². The first-order valence-electron chi connectivity index (χ1n) is 13.0. The predicted molar refractivity (Wildman–Crippen MR) is 145 cm³/mol. The number of rotatable bonds is 0. The van der Waals surface area contributed by atoms with E-state index in [0.717, 1.165) is 25.7 Å². The fourth-order valence-corrected chi connectivity index (χ4v) is 5.49. The molecule has 2 aliphatic carbocycles. The molecule has 2 saturated carbocycles. The molecule has 2 aromatic carbocycles. The Morgan fingerprint density at radius 1 is 0.471 bits per heavy atom. The SMILES string of the molecule is Cc1c2cccc1C=N[C@@H]1CCCC[C@H]1N=Cc1cccc(c1C)C=N[C@@H]1CCCC[C@H]1N=C2. The van der Waals surface area contributed by atoms with Crippen molar-refractivity contribution in [2.75, 3.05) is 0 Å². The molecule has 0 amide bonds. The fourth-order valence-electron chi connectivity index (χ4n) is 5.49. The zero-order valence-corrected chi connectivity index (χ0v) is 20.5. The molecule has 4 heteroatoms. The van der Waals surface area contributed by atoms with E-state index in [1.165, 1.54) is 59.1 Å². The zero-order chi connectivity index (χ0) is 23.3. The first-order valence-corrected chi connectivity index (χ1v) is 13.0. The average Bonchev–Trinajstić information content (AvgIpc) is 2.86. The molecule has 0 N–H and O–H groups in total. The normalized spacial score (nSPS) is 26.9. The number of hydrogen-bond donors (Lipinski definition) is 0. The third-order valence-corrected chi connectivity index (χ3v) is 7.84. The van der Waals surface area contributed by atoms with Crippen molar-refractivity contribution in [3.05, 3.63) is 69.8 Å². The monoisotopic (exact) mass is 452 g/mol. The van der Waals surface area contributed by atoms with Crippen LogP contribution in [0, 0.1) is 13.8 Å².